The normalized spacial score (nSPS) is 11.3. The summed E-state index contributed by atoms with van der Waals surface area (Å²) in [6.45, 7) is 1.77. The number of oxime groups is 1. The lowest BCUT2D eigenvalue weighted by Gasteiger charge is -1.99. The molecular weight excluding hydrogens is 308 g/mol. The lowest BCUT2D eigenvalue weighted by Crippen LogP contribution is -2.04. The van der Waals surface area contributed by atoms with Gasteiger partial charge in [0.05, 0.1) is 11.3 Å². The molecule has 1 heterocycles. The first-order valence-electron chi connectivity index (χ1n) is 7.06. The van der Waals surface area contributed by atoms with E-state index in [2.05, 4.69) is 10.1 Å². The zero-order valence-corrected chi connectivity index (χ0v) is 13.3. The van der Waals surface area contributed by atoms with Crippen LogP contribution in [0.5, 0.6) is 0 Å². The van der Waals surface area contributed by atoms with E-state index in [1.165, 1.54) is 11.3 Å². The lowest BCUT2D eigenvalue weighted by atomic mass is 10.2. The van der Waals surface area contributed by atoms with Gasteiger partial charge in [-0.3, -0.25) is 0 Å². The summed E-state index contributed by atoms with van der Waals surface area (Å²) in [6.07, 6.45) is 0. The van der Waals surface area contributed by atoms with Gasteiger partial charge in [0.1, 0.15) is 10.7 Å². The summed E-state index contributed by atoms with van der Waals surface area (Å²) in [5, 5.41) is 6.70. The molecule has 23 heavy (non-hydrogen) atoms. The summed E-state index contributed by atoms with van der Waals surface area (Å²) in [5.41, 5.74) is 2.78. The number of carbonyl (C=O) groups excluding carboxylic acids is 1. The van der Waals surface area contributed by atoms with Crippen molar-refractivity contribution in [1.29, 1.82) is 0 Å². The van der Waals surface area contributed by atoms with Gasteiger partial charge in [-0.2, -0.15) is 0 Å². The van der Waals surface area contributed by atoms with Crippen LogP contribution >= 0.6 is 11.3 Å². The molecular formula is C18H14N2O2S. The molecule has 114 valence electrons. The molecule has 0 bridgehead atoms. The van der Waals surface area contributed by atoms with E-state index in [1.54, 1.807) is 31.2 Å². The van der Waals surface area contributed by atoms with E-state index in [9.17, 15) is 4.79 Å². The van der Waals surface area contributed by atoms with Crippen molar-refractivity contribution >= 4 is 23.0 Å². The van der Waals surface area contributed by atoms with Crippen LogP contribution in [0.1, 0.15) is 23.0 Å². The second-order valence-corrected chi connectivity index (χ2v) is 5.68. The van der Waals surface area contributed by atoms with Gasteiger partial charge in [-0.1, -0.05) is 53.7 Å². The van der Waals surface area contributed by atoms with Gasteiger partial charge in [-0.05, 0) is 19.1 Å². The minimum atomic E-state index is -0.483. The van der Waals surface area contributed by atoms with Crippen LogP contribution in [0, 0.1) is 0 Å². The van der Waals surface area contributed by atoms with Crippen LogP contribution in [0.2, 0.25) is 0 Å². The summed E-state index contributed by atoms with van der Waals surface area (Å²) in [7, 11) is 0. The van der Waals surface area contributed by atoms with Crippen molar-refractivity contribution in [3.63, 3.8) is 0 Å². The molecule has 5 heteroatoms. The molecule has 2 aromatic carbocycles. The van der Waals surface area contributed by atoms with Crippen molar-refractivity contribution in [3.05, 3.63) is 77.3 Å². The maximum absolute atomic E-state index is 11.9. The van der Waals surface area contributed by atoms with E-state index < -0.39 is 5.97 Å². The Morgan fingerprint density at radius 1 is 1.04 bits per heavy atom. The van der Waals surface area contributed by atoms with Gasteiger partial charge in [0.25, 0.3) is 0 Å². The molecule has 0 N–H and O–H groups in total. The van der Waals surface area contributed by atoms with E-state index in [4.69, 9.17) is 4.84 Å². The van der Waals surface area contributed by atoms with E-state index in [0.717, 1.165) is 10.6 Å². The first-order chi connectivity index (χ1) is 11.2. The first-order valence-corrected chi connectivity index (χ1v) is 7.94. The Kier molecular flexibility index (Phi) is 4.59. The monoisotopic (exact) mass is 322 g/mol. The van der Waals surface area contributed by atoms with E-state index in [-0.39, 0.29) is 0 Å². The van der Waals surface area contributed by atoms with Gasteiger partial charge in [0, 0.05) is 10.9 Å². The third kappa shape index (κ3) is 3.70. The van der Waals surface area contributed by atoms with Crippen LogP contribution in [0.15, 0.2) is 71.2 Å². The molecule has 0 aliphatic rings. The second-order valence-electron chi connectivity index (χ2n) is 4.83. The maximum atomic E-state index is 11.9. The zero-order chi connectivity index (χ0) is 16.1. The number of benzene rings is 2. The average molecular weight is 322 g/mol. The number of hydrogen-bond donors (Lipinski definition) is 0. The van der Waals surface area contributed by atoms with Crippen molar-refractivity contribution in [2.75, 3.05) is 0 Å². The molecule has 0 aliphatic carbocycles. The Bertz CT molecular complexity index is 826. The largest absolute Gasteiger partial charge is 0.365 e. The van der Waals surface area contributed by atoms with Gasteiger partial charge in [0.15, 0.2) is 0 Å². The summed E-state index contributed by atoms with van der Waals surface area (Å²) in [6, 6.07) is 18.7. The molecule has 0 saturated carbocycles. The lowest BCUT2D eigenvalue weighted by molar-refractivity contribution is 0.0516. The Balaban J connectivity index is 1.72. The maximum Gasteiger partial charge on any atom is 0.365 e. The van der Waals surface area contributed by atoms with Crippen molar-refractivity contribution in [2.24, 2.45) is 5.16 Å². The van der Waals surface area contributed by atoms with Gasteiger partial charge >= 0.3 is 5.97 Å². The average Bonchev–Trinajstić information content (AvgIpc) is 3.11. The fourth-order valence-corrected chi connectivity index (χ4v) is 2.81. The molecule has 0 radical (unpaired) electrons. The molecule has 0 saturated heterocycles. The minimum absolute atomic E-state index is 0.465. The predicted octanol–water partition coefficient (Wildman–Crippen LogP) is 4.39. The van der Waals surface area contributed by atoms with E-state index >= 15 is 0 Å². The van der Waals surface area contributed by atoms with Gasteiger partial charge < -0.3 is 4.84 Å². The highest BCUT2D eigenvalue weighted by atomic mass is 32.1. The summed E-state index contributed by atoms with van der Waals surface area (Å²) < 4.78 is 0. The van der Waals surface area contributed by atoms with Crippen molar-refractivity contribution in [2.45, 2.75) is 6.92 Å². The highest BCUT2D eigenvalue weighted by Gasteiger charge is 2.09. The smallest absolute Gasteiger partial charge is 0.312 e. The molecule has 0 fully saturated rings. The van der Waals surface area contributed by atoms with Crippen LogP contribution in [-0.2, 0) is 4.84 Å². The molecule has 0 amide bonds. The van der Waals surface area contributed by atoms with Gasteiger partial charge in [-0.15, -0.1) is 11.3 Å². The Morgan fingerprint density at radius 2 is 1.70 bits per heavy atom. The SMILES string of the molecule is C/C(=N/OC(=O)c1ccccc1)c1csc(-c2ccccc2)n1. The topological polar surface area (TPSA) is 51.5 Å². The fourth-order valence-electron chi connectivity index (χ4n) is 1.94. The Hall–Kier alpha value is -2.79. The predicted molar refractivity (Wildman–Crippen MR) is 91.6 cm³/mol. The Morgan fingerprint density at radius 3 is 2.39 bits per heavy atom. The number of carbonyl (C=O) groups is 1. The fraction of sp³-hybridized carbons (Fsp3) is 0.0556. The molecule has 0 atom stereocenters. The third-order valence-corrected chi connectivity index (χ3v) is 4.06. The molecule has 3 aromatic rings. The van der Waals surface area contributed by atoms with Crippen molar-refractivity contribution in [3.8, 4) is 10.6 Å². The summed E-state index contributed by atoms with van der Waals surface area (Å²) in [5.74, 6) is -0.483. The number of thiazole rings is 1. The number of aromatic nitrogens is 1. The molecule has 0 spiro atoms. The first kappa shape index (κ1) is 15.1. The van der Waals surface area contributed by atoms with Gasteiger partial charge in [-0.25, -0.2) is 9.78 Å². The standard InChI is InChI=1S/C18H14N2O2S/c1-13(20-22-18(21)15-10-6-3-7-11-15)16-12-23-17(19-16)14-8-4-2-5-9-14/h2-12H,1H3/b20-13-. The van der Waals surface area contributed by atoms with Crippen LogP contribution in [0.4, 0.5) is 0 Å². The molecule has 4 nitrogen and oxygen atoms in total. The number of nitrogens with zero attached hydrogens (tertiary/aromatic N) is 2. The molecule has 3 rings (SSSR count). The van der Waals surface area contributed by atoms with E-state index in [0.29, 0.717) is 17.0 Å². The Labute approximate surface area is 138 Å². The van der Waals surface area contributed by atoms with Crippen LogP contribution < -0.4 is 0 Å². The third-order valence-electron chi connectivity index (χ3n) is 3.17. The van der Waals surface area contributed by atoms with Crippen molar-refractivity contribution < 1.29 is 9.63 Å². The van der Waals surface area contributed by atoms with E-state index in [1.807, 2.05) is 41.8 Å². The van der Waals surface area contributed by atoms with Crippen LogP contribution in [0.3, 0.4) is 0 Å². The number of hydrogen-bond acceptors (Lipinski definition) is 5. The zero-order valence-electron chi connectivity index (χ0n) is 12.5. The molecule has 0 aliphatic heterocycles. The highest BCUT2D eigenvalue weighted by molar-refractivity contribution is 7.13. The summed E-state index contributed by atoms with van der Waals surface area (Å²) in [4.78, 5) is 21.4. The second kappa shape index (κ2) is 6.98. The van der Waals surface area contributed by atoms with Gasteiger partial charge in [0.2, 0.25) is 0 Å². The van der Waals surface area contributed by atoms with Crippen molar-refractivity contribution in [1.82, 2.24) is 4.98 Å². The highest BCUT2D eigenvalue weighted by Crippen LogP contribution is 2.23. The van der Waals surface area contributed by atoms with Crippen LogP contribution in [0.25, 0.3) is 10.6 Å². The van der Waals surface area contributed by atoms with Crippen LogP contribution in [-0.4, -0.2) is 16.7 Å². The minimum Gasteiger partial charge on any atom is -0.312 e. The summed E-state index contributed by atoms with van der Waals surface area (Å²) >= 11 is 1.53. The molecule has 0 unspecified atom stereocenters. The quantitative estimate of drug-likeness (QED) is 0.406. The number of rotatable bonds is 4. The molecule has 1 aromatic heterocycles.